The van der Waals surface area contributed by atoms with Crippen LogP contribution in [0.5, 0.6) is 5.75 Å². The molecule has 0 bridgehead atoms. The Morgan fingerprint density at radius 3 is 2.60 bits per heavy atom. The zero-order valence-electron chi connectivity index (χ0n) is 11.0. The maximum absolute atomic E-state index is 13.6. The number of carbonyl (C=O) groups excluding carboxylic acids is 1. The highest BCUT2D eigenvalue weighted by atomic mass is 19.1. The van der Waals surface area contributed by atoms with Gasteiger partial charge in [-0.25, -0.2) is 4.39 Å². The lowest BCUT2D eigenvalue weighted by Crippen LogP contribution is -2.34. The van der Waals surface area contributed by atoms with Crippen molar-refractivity contribution in [2.75, 3.05) is 25.1 Å². The van der Waals surface area contributed by atoms with E-state index in [9.17, 15) is 19.3 Å². The Balaban J connectivity index is 2.34. The number of hydrogen-bond donors (Lipinski definition) is 0. The van der Waals surface area contributed by atoms with Gasteiger partial charge in [0.2, 0.25) is 0 Å². The van der Waals surface area contributed by atoms with E-state index in [1.165, 1.54) is 13.2 Å². The summed E-state index contributed by atoms with van der Waals surface area (Å²) in [6.07, 6.45) is 2.19. The average Bonchev–Trinajstić information content (AvgIpc) is 2.47. The van der Waals surface area contributed by atoms with Crippen molar-refractivity contribution in [2.24, 2.45) is 5.92 Å². The number of hydrogen-bond acceptors (Lipinski definition) is 5. The summed E-state index contributed by atoms with van der Waals surface area (Å²) < 4.78 is 18.5. The first-order valence-corrected chi connectivity index (χ1v) is 6.29. The van der Waals surface area contributed by atoms with Gasteiger partial charge in [-0.15, -0.1) is 0 Å². The molecule has 108 valence electrons. The quantitative estimate of drug-likeness (QED) is 0.480. The van der Waals surface area contributed by atoms with E-state index in [1.807, 2.05) is 0 Å². The van der Waals surface area contributed by atoms with Crippen LogP contribution in [0.3, 0.4) is 0 Å². The number of methoxy groups -OCH3 is 1. The monoisotopic (exact) mass is 282 g/mol. The number of nitro groups is 1. The number of anilines is 1. The summed E-state index contributed by atoms with van der Waals surface area (Å²) in [4.78, 5) is 23.0. The summed E-state index contributed by atoms with van der Waals surface area (Å²) in [7, 11) is 1.31. The summed E-state index contributed by atoms with van der Waals surface area (Å²) in [6, 6.07) is 2.22. The molecule has 1 saturated heterocycles. The van der Waals surface area contributed by atoms with Crippen LogP contribution < -0.4 is 9.64 Å². The molecular weight excluding hydrogens is 267 g/mol. The Bertz CT molecular complexity index is 527. The number of ether oxygens (including phenoxy) is 1. The van der Waals surface area contributed by atoms with E-state index >= 15 is 0 Å². The molecule has 1 heterocycles. The van der Waals surface area contributed by atoms with E-state index in [4.69, 9.17) is 4.74 Å². The maximum Gasteiger partial charge on any atom is 0.295 e. The summed E-state index contributed by atoms with van der Waals surface area (Å²) in [6.45, 7) is 1.05. The van der Waals surface area contributed by atoms with Gasteiger partial charge >= 0.3 is 0 Å². The molecule has 7 heteroatoms. The molecule has 6 nitrogen and oxygen atoms in total. The van der Waals surface area contributed by atoms with Crippen LogP contribution in [0.15, 0.2) is 12.1 Å². The summed E-state index contributed by atoms with van der Waals surface area (Å²) in [5.74, 6) is -0.790. The van der Waals surface area contributed by atoms with Crippen molar-refractivity contribution in [3.8, 4) is 5.75 Å². The third kappa shape index (κ3) is 2.71. The van der Waals surface area contributed by atoms with E-state index in [1.54, 1.807) is 4.90 Å². The molecule has 20 heavy (non-hydrogen) atoms. The second-order valence-corrected chi connectivity index (χ2v) is 4.69. The third-order valence-corrected chi connectivity index (χ3v) is 3.52. The van der Waals surface area contributed by atoms with Crippen LogP contribution >= 0.6 is 0 Å². The number of nitrogens with zero attached hydrogens (tertiary/aromatic N) is 2. The fourth-order valence-corrected chi connectivity index (χ4v) is 2.36. The van der Waals surface area contributed by atoms with Gasteiger partial charge in [0.25, 0.3) is 5.69 Å². The first-order valence-electron chi connectivity index (χ1n) is 6.29. The van der Waals surface area contributed by atoms with Crippen molar-refractivity contribution in [3.05, 3.63) is 28.1 Å². The van der Waals surface area contributed by atoms with Gasteiger partial charge in [-0.05, 0) is 12.8 Å². The smallest absolute Gasteiger partial charge is 0.295 e. The molecule has 0 spiro atoms. The maximum atomic E-state index is 13.6. The summed E-state index contributed by atoms with van der Waals surface area (Å²) in [5, 5.41) is 11.1. The molecule has 0 unspecified atom stereocenters. The fourth-order valence-electron chi connectivity index (χ4n) is 2.36. The second-order valence-electron chi connectivity index (χ2n) is 4.69. The third-order valence-electron chi connectivity index (χ3n) is 3.52. The first-order chi connectivity index (χ1) is 9.56. The molecule has 0 saturated carbocycles. The Morgan fingerprint density at radius 1 is 1.45 bits per heavy atom. The van der Waals surface area contributed by atoms with Crippen molar-refractivity contribution in [1.29, 1.82) is 0 Å². The lowest BCUT2D eigenvalue weighted by Gasteiger charge is -2.31. The van der Waals surface area contributed by atoms with Gasteiger partial charge < -0.3 is 14.4 Å². The van der Waals surface area contributed by atoms with Crippen molar-refractivity contribution in [1.82, 2.24) is 0 Å². The Hall–Kier alpha value is -2.18. The number of halogens is 1. The van der Waals surface area contributed by atoms with E-state index in [0.717, 1.165) is 12.4 Å². The molecule has 0 N–H and O–H groups in total. The van der Waals surface area contributed by atoms with Gasteiger partial charge in [0.15, 0.2) is 11.6 Å². The van der Waals surface area contributed by atoms with E-state index < -0.39 is 10.7 Å². The van der Waals surface area contributed by atoms with Gasteiger partial charge in [-0.3, -0.25) is 10.1 Å². The number of nitro benzene ring substituents is 1. The molecule has 2 rings (SSSR count). The van der Waals surface area contributed by atoms with Crippen LogP contribution in [0.4, 0.5) is 15.8 Å². The highest BCUT2D eigenvalue weighted by Crippen LogP contribution is 2.36. The average molecular weight is 282 g/mol. The standard InChI is InChI=1S/C13H15FN2O4/c1-20-13-7-11(12(16(18)19)6-10(13)14)15-4-2-9(8-17)3-5-15/h6-9H,2-5H2,1H3. The number of carbonyl (C=O) groups is 1. The molecule has 0 aromatic heterocycles. The largest absolute Gasteiger partial charge is 0.494 e. The number of benzene rings is 1. The van der Waals surface area contributed by atoms with Crippen molar-refractivity contribution in [3.63, 3.8) is 0 Å². The lowest BCUT2D eigenvalue weighted by molar-refractivity contribution is -0.384. The highest BCUT2D eigenvalue weighted by molar-refractivity contribution is 5.67. The zero-order chi connectivity index (χ0) is 14.7. The summed E-state index contributed by atoms with van der Waals surface area (Å²) >= 11 is 0. The van der Waals surface area contributed by atoms with Crippen LogP contribution in [0.1, 0.15) is 12.8 Å². The SMILES string of the molecule is COc1cc(N2CCC(C=O)CC2)c([N+](=O)[O-])cc1F. The molecule has 0 atom stereocenters. The predicted molar refractivity (Wildman–Crippen MR) is 70.6 cm³/mol. The van der Waals surface area contributed by atoms with Gasteiger partial charge in [0, 0.05) is 25.1 Å². The van der Waals surface area contributed by atoms with Crippen LogP contribution in [0.2, 0.25) is 0 Å². The van der Waals surface area contributed by atoms with Crippen molar-refractivity contribution < 1.29 is 18.8 Å². The van der Waals surface area contributed by atoms with E-state index in [-0.39, 0.29) is 17.4 Å². The Labute approximate surface area is 115 Å². The molecule has 1 aliphatic rings. The molecule has 0 aliphatic carbocycles. The first kappa shape index (κ1) is 14.2. The molecule has 0 amide bonds. The molecule has 1 fully saturated rings. The van der Waals surface area contributed by atoms with Gasteiger partial charge in [-0.1, -0.05) is 0 Å². The number of piperidine rings is 1. The summed E-state index contributed by atoms with van der Waals surface area (Å²) in [5.41, 5.74) is 0.0467. The Morgan fingerprint density at radius 2 is 2.10 bits per heavy atom. The predicted octanol–water partition coefficient (Wildman–Crippen LogP) is 2.16. The van der Waals surface area contributed by atoms with E-state index in [0.29, 0.717) is 31.6 Å². The van der Waals surface area contributed by atoms with Gasteiger partial charge in [0.1, 0.15) is 12.0 Å². The lowest BCUT2D eigenvalue weighted by atomic mass is 9.98. The Kier molecular flexibility index (Phi) is 4.16. The van der Waals surface area contributed by atoms with Crippen LogP contribution in [-0.2, 0) is 4.79 Å². The van der Waals surface area contributed by atoms with Crippen LogP contribution in [-0.4, -0.2) is 31.4 Å². The molecule has 1 aromatic rings. The van der Waals surface area contributed by atoms with Gasteiger partial charge in [0.05, 0.1) is 18.1 Å². The molecular formula is C13H15FN2O4. The van der Waals surface area contributed by atoms with Crippen molar-refractivity contribution >= 4 is 17.7 Å². The highest BCUT2D eigenvalue weighted by Gasteiger charge is 2.26. The fraction of sp³-hybridized carbons (Fsp3) is 0.462. The number of rotatable bonds is 4. The number of aldehydes is 1. The normalized spacial score (nSPS) is 16.0. The van der Waals surface area contributed by atoms with Crippen molar-refractivity contribution in [2.45, 2.75) is 12.8 Å². The minimum absolute atomic E-state index is 0.00681. The molecule has 0 radical (unpaired) electrons. The minimum atomic E-state index is -0.759. The molecule has 1 aromatic carbocycles. The van der Waals surface area contributed by atoms with Crippen LogP contribution in [0, 0.1) is 21.8 Å². The topological polar surface area (TPSA) is 72.7 Å². The zero-order valence-corrected chi connectivity index (χ0v) is 11.0. The second kappa shape index (κ2) is 5.85. The van der Waals surface area contributed by atoms with Gasteiger partial charge in [-0.2, -0.15) is 0 Å². The van der Waals surface area contributed by atoms with Crippen LogP contribution in [0.25, 0.3) is 0 Å². The molecule has 1 aliphatic heterocycles. The van der Waals surface area contributed by atoms with E-state index in [2.05, 4.69) is 0 Å². The minimum Gasteiger partial charge on any atom is -0.494 e.